The zero-order valence-corrected chi connectivity index (χ0v) is 22.9. The van der Waals surface area contributed by atoms with Gasteiger partial charge in [0, 0.05) is 56.6 Å². The summed E-state index contributed by atoms with van der Waals surface area (Å²) in [4.78, 5) is 15.3. The number of rotatable bonds is 9. The van der Waals surface area contributed by atoms with Gasteiger partial charge in [-0.25, -0.2) is 9.97 Å². The number of piperidine rings is 1. The fourth-order valence-electron chi connectivity index (χ4n) is 5.89. The summed E-state index contributed by atoms with van der Waals surface area (Å²) in [6.45, 7) is 11.0. The molecule has 7 nitrogen and oxygen atoms in total. The molecule has 7 heteroatoms. The molecule has 38 heavy (non-hydrogen) atoms. The van der Waals surface area contributed by atoms with E-state index in [0.29, 0.717) is 5.92 Å². The number of hydrogen-bond acceptors (Lipinski definition) is 7. The molecule has 2 aromatic carbocycles. The fourth-order valence-corrected chi connectivity index (χ4v) is 5.89. The standard InChI is InChI=1S/C31H41N5O2/c1-31(11-12-31)30-33-27-8-7-23(22-32-13-16-35-17-19-38-20-18-35)21-26(27)29(34-30)36-14-9-24(10-15-36)25-5-3-4-6-28(25)37-2/h3-8,21,24,32H,9-20,22H2,1-2H3. The van der Waals surface area contributed by atoms with E-state index in [1.165, 1.54) is 29.4 Å². The van der Waals surface area contributed by atoms with Crippen molar-refractivity contribution in [2.75, 3.05) is 64.5 Å². The highest BCUT2D eigenvalue weighted by molar-refractivity contribution is 5.90. The van der Waals surface area contributed by atoms with Crippen LogP contribution in [0.3, 0.4) is 0 Å². The van der Waals surface area contributed by atoms with Gasteiger partial charge in [0.2, 0.25) is 0 Å². The number of aromatic nitrogens is 2. The average molecular weight is 516 g/mol. The molecule has 1 saturated carbocycles. The van der Waals surface area contributed by atoms with Gasteiger partial charge in [-0.05, 0) is 60.9 Å². The third kappa shape index (κ3) is 5.51. The van der Waals surface area contributed by atoms with Crippen molar-refractivity contribution >= 4 is 16.7 Å². The molecule has 2 saturated heterocycles. The topological polar surface area (TPSA) is 62.8 Å². The lowest BCUT2D eigenvalue weighted by Crippen LogP contribution is -2.40. The molecular weight excluding hydrogens is 474 g/mol. The highest BCUT2D eigenvalue weighted by Gasteiger charge is 2.42. The van der Waals surface area contributed by atoms with Crippen molar-refractivity contribution in [1.29, 1.82) is 0 Å². The summed E-state index contributed by atoms with van der Waals surface area (Å²) in [7, 11) is 1.77. The molecule has 0 unspecified atom stereocenters. The summed E-state index contributed by atoms with van der Waals surface area (Å²) in [5, 5.41) is 4.83. The minimum Gasteiger partial charge on any atom is -0.496 e. The lowest BCUT2D eigenvalue weighted by atomic mass is 9.88. The zero-order chi connectivity index (χ0) is 26.0. The number of anilines is 1. The van der Waals surface area contributed by atoms with Gasteiger partial charge >= 0.3 is 0 Å². The minimum absolute atomic E-state index is 0.137. The SMILES string of the molecule is COc1ccccc1C1CCN(c2nc(C3(C)CC3)nc3ccc(CNCCN4CCOCC4)cc23)CC1. The summed E-state index contributed by atoms with van der Waals surface area (Å²) in [5.74, 6) is 3.66. The minimum atomic E-state index is 0.137. The van der Waals surface area contributed by atoms with E-state index in [4.69, 9.17) is 19.4 Å². The molecule has 0 amide bonds. The van der Waals surface area contributed by atoms with Crippen LogP contribution in [0.5, 0.6) is 5.75 Å². The molecule has 6 rings (SSSR count). The van der Waals surface area contributed by atoms with Crippen molar-refractivity contribution in [3.8, 4) is 5.75 Å². The lowest BCUT2D eigenvalue weighted by Gasteiger charge is -2.34. The van der Waals surface area contributed by atoms with Gasteiger partial charge in [-0.3, -0.25) is 4.90 Å². The summed E-state index contributed by atoms with van der Waals surface area (Å²) < 4.78 is 11.1. The quantitative estimate of drug-likeness (QED) is 0.421. The number of methoxy groups -OCH3 is 1. The summed E-state index contributed by atoms with van der Waals surface area (Å²) >= 11 is 0. The molecule has 0 radical (unpaired) electrons. The molecule has 1 aromatic heterocycles. The molecule has 1 aliphatic carbocycles. The van der Waals surface area contributed by atoms with E-state index in [9.17, 15) is 0 Å². The molecule has 0 bridgehead atoms. The molecule has 1 N–H and O–H groups in total. The molecule has 3 heterocycles. The molecular formula is C31H41N5O2. The van der Waals surface area contributed by atoms with Crippen molar-refractivity contribution in [2.45, 2.75) is 50.5 Å². The highest BCUT2D eigenvalue weighted by Crippen LogP contribution is 2.47. The van der Waals surface area contributed by atoms with Crippen molar-refractivity contribution < 1.29 is 9.47 Å². The highest BCUT2D eigenvalue weighted by atomic mass is 16.5. The van der Waals surface area contributed by atoms with Crippen LogP contribution in [0.25, 0.3) is 10.9 Å². The van der Waals surface area contributed by atoms with Gasteiger partial charge in [0.15, 0.2) is 0 Å². The second-order valence-corrected chi connectivity index (χ2v) is 11.4. The third-order valence-corrected chi connectivity index (χ3v) is 8.69. The van der Waals surface area contributed by atoms with Gasteiger partial charge in [0.05, 0.1) is 25.8 Å². The van der Waals surface area contributed by atoms with Crippen LogP contribution < -0.4 is 15.0 Å². The Bertz CT molecular complexity index is 1250. The number of benzene rings is 2. The van der Waals surface area contributed by atoms with Crippen LogP contribution in [0.15, 0.2) is 42.5 Å². The Morgan fingerprint density at radius 2 is 1.82 bits per heavy atom. The lowest BCUT2D eigenvalue weighted by molar-refractivity contribution is 0.0384. The monoisotopic (exact) mass is 515 g/mol. The number of nitrogens with one attached hydrogen (secondary N) is 1. The molecule has 0 spiro atoms. The molecule has 2 aliphatic heterocycles. The number of morpholine rings is 1. The number of para-hydroxylation sites is 1. The van der Waals surface area contributed by atoms with E-state index in [1.54, 1.807) is 7.11 Å². The maximum Gasteiger partial charge on any atom is 0.140 e. The summed E-state index contributed by atoms with van der Waals surface area (Å²) in [6.07, 6.45) is 4.56. The fraction of sp³-hybridized carbons (Fsp3) is 0.548. The van der Waals surface area contributed by atoms with Gasteiger partial charge < -0.3 is 19.7 Å². The second kappa shape index (κ2) is 11.2. The van der Waals surface area contributed by atoms with Gasteiger partial charge in [-0.1, -0.05) is 31.2 Å². The summed E-state index contributed by atoms with van der Waals surface area (Å²) in [6, 6.07) is 15.2. The third-order valence-electron chi connectivity index (χ3n) is 8.69. The normalized spacial score (nSPS) is 20.1. The van der Waals surface area contributed by atoms with Gasteiger partial charge in [0.1, 0.15) is 17.4 Å². The smallest absolute Gasteiger partial charge is 0.140 e. The van der Waals surface area contributed by atoms with E-state index in [1.807, 2.05) is 0 Å². The first-order valence-corrected chi connectivity index (χ1v) is 14.3. The first-order valence-electron chi connectivity index (χ1n) is 14.3. The first kappa shape index (κ1) is 25.5. The average Bonchev–Trinajstić information content (AvgIpc) is 3.73. The molecule has 3 aliphatic rings. The number of nitrogens with zero attached hydrogens (tertiary/aromatic N) is 4. The number of ether oxygens (including phenoxy) is 2. The van der Waals surface area contributed by atoms with E-state index >= 15 is 0 Å². The Kier molecular flexibility index (Phi) is 7.50. The van der Waals surface area contributed by atoms with Crippen molar-refractivity contribution in [3.63, 3.8) is 0 Å². The Balaban J connectivity index is 1.19. The van der Waals surface area contributed by atoms with Crippen LogP contribution in [-0.2, 0) is 16.7 Å². The van der Waals surface area contributed by atoms with Crippen molar-refractivity contribution in [3.05, 3.63) is 59.4 Å². The van der Waals surface area contributed by atoms with E-state index in [0.717, 1.165) is 94.8 Å². The van der Waals surface area contributed by atoms with E-state index in [2.05, 4.69) is 64.5 Å². The van der Waals surface area contributed by atoms with Crippen LogP contribution >= 0.6 is 0 Å². The van der Waals surface area contributed by atoms with Crippen molar-refractivity contribution in [1.82, 2.24) is 20.2 Å². The Morgan fingerprint density at radius 3 is 2.58 bits per heavy atom. The predicted molar refractivity (Wildman–Crippen MR) is 152 cm³/mol. The number of fused-ring (bicyclic) bond motifs is 1. The Hall–Kier alpha value is -2.74. The number of hydrogen-bond donors (Lipinski definition) is 1. The second-order valence-electron chi connectivity index (χ2n) is 11.4. The van der Waals surface area contributed by atoms with Gasteiger partial charge in [0.25, 0.3) is 0 Å². The first-order chi connectivity index (χ1) is 18.6. The Morgan fingerprint density at radius 1 is 1.03 bits per heavy atom. The van der Waals surface area contributed by atoms with Crippen LogP contribution in [0.4, 0.5) is 5.82 Å². The van der Waals surface area contributed by atoms with E-state index < -0.39 is 0 Å². The molecule has 3 aromatic rings. The molecule has 0 atom stereocenters. The molecule has 202 valence electrons. The largest absolute Gasteiger partial charge is 0.496 e. The van der Waals surface area contributed by atoms with Crippen LogP contribution in [0.1, 0.15) is 55.5 Å². The van der Waals surface area contributed by atoms with Gasteiger partial charge in [-0.15, -0.1) is 0 Å². The van der Waals surface area contributed by atoms with Gasteiger partial charge in [-0.2, -0.15) is 0 Å². The maximum atomic E-state index is 5.67. The zero-order valence-electron chi connectivity index (χ0n) is 22.9. The van der Waals surface area contributed by atoms with Crippen LogP contribution in [0.2, 0.25) is 0 Å². The van der Waals surface area contributed by atoms with Crippen LogP contribution in [-0.4, -0.2) is 74.5 Å². The molecule has 3 fully saturated rings. The predicted octanol–water partition coefficient (Wildman–Crippen LogP) is 4.50. The summed E-state index contributed by atoms with van der Waals surface area (Å²) in [5.41, 5.74) is 3.83. The van der Waals surface area contributed by atoms with Crippen LogP contribution in [0, 0.1) is 0 Å². The Labute approximate surface area is 226 Å². The maximum absolute atomic E-state index is 5.67. The van der Waals surface area contributed by atoms with E-state index in [-0.39, 0.29) is 5.41 Å². The van der Waals surface area contributed by atoms with Crippen molar-refractivity contribution in [2.24, 2.45) is 0 Å².